The molecule has 0 saturated heterocycles. The average Bonchev–Trinajstić information content (AvgIpc) is 2.66. The molecule has 2 aromatic rings. The molecule has 0 spiro atoms. The standard InChI is InChI=1S/C11H11F2N3/c1-16-7-10(14-15-16)4-2-8-6-9(12)3-5-11(8)13/h3,5-7H,2,4H2,1H3. The van der Waals surface area contributed by atoms with E-state index in [1.54, 1.807) is 17.9 Å². The van der Waals surface area contributed by atoms with Crippen LogP contribution in [0.4, 0.5) is 8.78 Å². The Hall–Kier alpha value is -1.78. The van der Waals surface area contributed by atoms with E-state index in [-0.39, 0.29) is 5.82 Å². The van der Waals surface area contributed by atoms with Gasteiger partial charge in [-0.25, -0.2) is 8.78 Å². The third kappa shape index (κ3) is 2.42. The lowest BCUT2D eigenvalue weighted by Crippen LogP contribution is -1.96. The van der Waals surface area contributed by atoms with Crippen LogP contribution < -0.4 is 0 Å². The molecule has 0 fully saturated rings. The van der Waals surface area contributed by atoms with E-state index in [4.69, 9.17) is 0 Å². The minimum Gasteiger partial charge on any atom is -0.255 e. The highest BCUT2D eigenvalue weighted by atomic mass is 19.1. The third-order valence-corrected chi connectivity index (χ3v) is 2.31. The first-order chi connectivity index (χ1) is 7.65. The minimum atomic E-state index is -0.421. The Kier molecular flexibility index (Phi) is 2.94. The molecule has 0 aliphatic carbocycles. The maximum absolute atomic E-state index is 13.3. The number of rotatable bonds is 3. The van der Waals surface area contributed by atoms with Crippen molar-refractivity contribution >= 4 is 0 Å². The largest absolute Gasteiger partial charge is 0.255 e. The van der Waals surface area contributed by atoms with Gasteiger partial charge in [0.15, 0.2) is 0 Å². The van der Waals surface area contributed by atoms with E-state index in [2.05, 4.69) is 10.3 Å². The van der Waals surface area contributed by atoms with Crippen molar-refractivity contribution in [2.24, 2.45) is 7.05 Å². The fraction of sp³-hybridized carbons (Fsp3) is 0.273. The highest BCUT2D eigenvalue weighted by Gasteiger charge is 2.05. The molecular formula is C11H11F2N3. The molecule has 0 atom stereocenters. The Morgan fingerprint density at radius 3 is 2.75 bits per heavy atom. The molecule has 1 aromatic carbocycles. The SMILES string of the molecule is Cn1cc(CCc2cc(F)ccc2F)nn1. The second-order valence-corrected chi connectivity index (χ2v) is 3.62. The predicted octanol–water partition coefficient (Wildman–Crippen LogP) is 1.88. The van der Waals surface area contributed by atoms with E-state index < -0.39 is 5.82 Å². The molecule has 1 heterocycles. The predicted molar refractivity (Wildman–Crippen MR) is 54.8 cm³/mol. The molecule has 0 N–H and O–H groups in total. The van der Waals surface area contributed by atoms with Crippen LogP contribution in [0.15, 0.2) is 24.4 Å². The monoisotopic (exact) mass is 223 g/mol. The summed E-state index contributed by atoms with van der Waals surface area (Å²) in [5, 5.41) is 7.65. The number of halogens is 2. The van der Waals surface area contributed by atoms with Crippen LogP contribution in [0.5, 0.6) is 0 Å². The smallest absolute Gasteiger partial charge is 0.126 e. The van der Waals surface area contributed by atoms with Crippen LogP contribution in [-0.2, 0) is 19.9 Å². The van der Waals surface area contributed by atoms with Gasteiger partial charge in [0.05, 0.1) is 5.69 Å². The molecule has 5 heteroatoms. The quantitative estimate of drug-likeness (QED) is 0.795. The van der Waals surface area contributed by atoms with Gasteiger partial charge in [0.1, 0.15) is 11.6 Å². The summed E-state index contributed by atoms with van der Waals surface area (Å²) in [7, 11) is 1.76. The van der Waals surface area contributed by atoms with Crippen molar-refractivity contribution in [1.82, 2.24) is 15.0 Å². The zero-order valence-corrected chi connectivity index (χ0v) is 8.82. The summed E-state index contributed by atoms with van der Waals surface area (Å²) in [6.07, 6.45) is 2.73. The van der Waals surface area contributed by atoms with Gasteiger partial charge in [-0.05, 0) is 36.6 Å². The van der Waals surface area contributed by atoms with E-state index in [0.717, 1.165) is 17.8 Å². The van der Waals surface area contributed by atoms with Crippen LogP contribution in [0, 0.1) is 11.6 Å². The van der Waals surface area contributed by atoms with Crippen molar-refractivity contribution in [2.45, 2.75) is 12.8 Å². The van der Waals surface area contributed by atoms with Crippen molar-refractivity contribution in [3.05, 3.63) is 47.3 Å². The highest BCUT2D eigenvalue weighted by molar-refractivity contribution is 5.19. The van der Waals surface area contributed by atoms with Gasteiger partial charge in [0, 0.05) is 13.2 Å². The number of aryl methyl sites for hydroxylation is 3. The van der Waals surface area contributed by atoms with Crippen LogP contribution in [-0.4, -0.2) is 15.0 Å². The summed E-state index contributed by atoms with van der Waals surface area (Å²) < 4.78 is 27.7. The normalized spacial score (nSPS) is 10.7. The first-order valence-corrected chi connectivity index (χ1v) is 4.94. The molecule has 0 aliphatic rings. The minimum absolute atomic E-state index is 0.366. The molecule has 0 bridgehead atoms. The van der Waals surface area contributed by atoms with Crippen LogP contribution >= 0.6 is 0 Å². The Labute approximate surface area is 91.7 Å². The molecule has 0 aliphatic heterocycles. The molecule has 84 valence electrons. The maximum atomic E-state index is 13.3. The Bertz CT molecular complexity index is 494. The van der Waals surface area contributed by atoms with E-state index in [9.17, 15) is 8.78 Å². The molecule has 3 nitrogen and oxygen atoms in total. The summed E-state index contributed by atoms with van der Waals surface area (Å²) in [4.78, 5) is 0. The first kappa shape index (κ1) is 10.7. The second kappa shape index (κ2) is 4.38. The van der Waals surface area contributed by atoms with Crippen molar-refractivity contribution in [1.29, 1.82) is 0 Å². The maximum Gasteiger partial charge on any atom is 0.126 e. The number of hydrogen-bond acceptors (Lipinski definition) is 2. The molecule has 0 unspecified atom stereocenters. The van der Waals surface area contributed by atoms with Gasteiger partial charge in [-0.1, -0.05) is 5.21 Å². The fourth-order valence-electron chi connectivity index (χ4n) is 1.51. The van der Waals surface area contributed by atoms with Gasteiger partial charge < -0.3 is 0 Å². The van der Waals surface area contributed by atoms with Gasteiger partial charge in [-0.2, -0.15) is 0 Å². The molecule has 0 saturated carbocycles. The van der Waals surface area contributed by atoms with Gasteiger partial charge in [-0.15, -0.1) is 5.10 Å². The molecule has 16 heavy (non-hydrogen) atoms. The average molecular weight is 223 g/mol. The zero-order chi connectivity index (χ0) is 11.5. The number of aromatic nitrogens is 3. The Morgan fingerprint density at radius 1 is 1.25 bits per heavy atom. The summed E-state index contributed by atoms with van der Waals surface area (Å²) in [6, 6.07) is 3.47. The summed E-state index contributed by atoms with van der Waals surface area (Å²) in [5.74, 6) is -0.805. The summed E-state index contributed by atoms with van der Waals surface area (Å²) in [6.45, 7) is 0. The van der Waals surface area contributed by atoms with Crippen molar-refractivity contribution in [3.63, 3.8) is 0 Å². The lowest BCUT2D eigenvalue weighted by molar-refractivity contribution is 0.583. The number of benzene rings is 1. The third-order valence-electron chi connectivity index (χ3n) is 2.31. The number of hydrogen-bond donors (Lipinski definition) is 0. The molecule has 0 amide bonds. The lowest BCUT2D eigenvalue weighted by Gasteiger charge is -2.01. The van der Waals surface area contributed by atoms with Gasteiger partial charge in [0.2, 0.25) is 0 Å². The zero-order valence-electron chi connectivity index (χ0n) is 8.82. The highest BCUT2D eigenvalue weighted by Crippen LogP contribution is 2.12. The summed E-state index contributed by atoms with van der Waals surface area (Å²) >= 11 is 0. The van der Waals surface area contributed by atoms with E-state index >= 15 is 0 Å². The van der Waals surface area contributed by atoms with Crippen LogP contribution in [0.3, 0.4) is 0 Å². The van der Waals surface area contributed by atoms with Crippen molar-refractivity contribution in [3.8, 4) is 0 Å². The van der Waals surface area contributed by atoms with Crippen LogP contribution in [0.2, 0.25) is 0 Å². The summed E-state index contributed by atoms with van der Waals surface area (Å²) in [5.41, 5.74) is 1.14. The molecule has 1 aromatic heterocycles. The van der Waals surface area contributed by atoms with E-state index in [1.807, 2.05) is 0 Å². The van der Waals surface area contributed by atoms with E-state index in [1.165, 1.54) is 6.07 Å². The Balaban J connectivity index is 2.07. The van der Waals surface area contributed by atoms with Crippen molar-refractivity contribution in [2.75, 3.05) is 0 Å². The fourth-order valence-corrected chi connectivity index (χ4v) is 1.51. The van der Waals surface area contributed by atoms with Gasteiger partial charge in [0.25, 0.3) is 0 Å². The van der Waals surface area contributed by atoms with Crippen molar-refractivity contribution < 1.29 is 8.78 Å². The first-order valence-electron chi connectivity index (χ1n) is 4.94. The molecule has 2 rings (SSSR count). The molecule has 0 radical (unpaired) electrons. The second-order valence-electron chi connectivity index (χ2n) is 3.62. The van der Waals surface area contributed by atoms with Crippen LogP contribution in [0.1, 0.15) is 11.3 Å². The molecular weight excluding hydrogens is 212 g/mol. The topological polar surface area (TPSA) is 30.7 Å². The Morgan fingerprint density at radius 2 is 2.06 bits per heavy atom. The number of nitrogens with zero attached hydrogens (tertiary/aromatic N) is 3. The van der Waals surface area contributed by atoms with Gasteiger partial charge in [-0.3, -0.25) is 4.68 Å². The lowest BCUT2D eigenvalue weighted by atomic mass is 10.1. The van der Waals surface area contributed by atoms with Crippen LogP contribution in [0.25, 0.3) is 0 Å². The van der Waals surface area contributed by atoms with E-state index in [0.29, 0.717) is 18.4 Å². The van der Waals surface area contributed by atoms with Gasteiger partial charge >= 0.3 is 0 Å².